The molecule has 0 fully saturated rings. The summed E-state index contributed by atoms with van der Waals surface area (Å²) in [5, 5.41) is 9.00. The summed E-state index contributed by atoms with van der Waals surface area (Å²) in [5.74, 6) is 0.0288. The molecule has 2 heterocycles. The Kier molecular flexibility index (Phi) is 3.49. The SMILES string of the molecule is Cc1nn(C)c(Cl)c1CC(=O)c1c(C)nn(C)c1C. The third kappa shape index (κ3) is 2.30. The van der Waals surface area contributed by atoms with Gasteiger partial charge in [-0.2, -0.15) is 10.2 Å². The number of hydrogen-bond donors (Lipinski definition) is 0. The van der Waals surface area contributed by atoms with E-state index in [0.717, 1.165) is 22.6 Å². The molecule has 2 rings (SSSR count). The van der Waals surface area contributed by atoms with Gasteiger partial charge in [0.05, 0.1) is 17.0 Å². The van der Waals surface area contributed by atoms with E-state index in [1.807, 2.05) is 27.8 Å². The lowest BCUT2D eigenvalue weighted by Crippen LogP contribution is -2.07. The van der Waals surface area contributed by atoms with E-state index < -0.39 is 0 Å². The van der Waals surface area contributed by atoms with Crippen LogP contribution in [0, 0.1) is 20.8 Å². The number of Topliss-reactive ketones (excluding diaryl/α,β-unsaturated/α-hetero) is 1. The molecule has 102 valence electrons. The second-order valence-corrected chi connectivity index (χ2v) is 5.11. The summed E-state index contributed by atoms with van der Waals surface area (Å²) in [6, 6.07) is 0. The van der Waals surface area contributed by atoms with Gasteiger partial charge in [-0.05, 0) is 20.8 Å². The van der Waals surface area contributed by atoms with Gasteiger partial charge in [0.25, 0.3) is 0 Å². The highest BCUT2D eigenvalue weighted by atomic mass is 35.5. The number of rotatable bonds is 3. The molecule has 0 aliphatic rings. The van der Waals surface area contributed by atoms with Crippen LogP contribution in [0.3, 0.4) is 0 Å². The molecule has 0 aliphatic carbocycles. The maximum Gasteiger partial charge on any atom is 0.171 e. The van der Waals surface area contributed by atoms with E-state index in [2.05, 4.69) is 10.2 Å². The molecule has 5 nitrogen and oxygen atoms in total. The van der Waals surface area contributed by atoms with Crippen molar-refractivity contribution < 1.29 is 4.79 Å². The summed E-state index contributed by atoms with van der Waals surface area (Å²) in [7, 11) is 3.60. The van der Waals surface area contributed by atoms with Gasteiger partial charge >= 0.3 is 0 Å². The van der Waals surface area contributed by atoms with Crippen LogP contribution < -0.4 is 0 Å². The molecule has 0 spiro atoms. The zero-order valence-corrected chi connectivity index (χ0v) is 12.5. The highest BCUT2D eigenvalue weighted by Gasteiger charge is 2.21. The first-order valence-corrected chi connectivity index (χ1v) is 6.42. The van der Waals surface area contributed by atoms with Crippen LogP contribution in [0.1, 0.15) is 33.0 Å². The molecule has 2 aromatic heterocycles. The fourth-order valence-electron chi connectivity index (χ4n) is 2.30. The van der Waals surface area contributed by atoms with Gasteiger partial charge in [0.2, 0.25) is 0 Å². The quantitative estimate of drug-likeness (QED) is 0.810. The monoisotopic (exact) mass is 280 g/mol. The summed E-state index contributed by atoms with van der Waals surface area (Å²) in [4.78, 5) is 12.4. The summed E-state index contributed by atoms with van der Waals surface area (Å²) in [6.07, 6.45) is 0.256. The van der Waals surface area contributed by atoms with Gasteiger partial charge < -0.3 is 0 Å². The van der Waals surface area contributed by atoms with Crippen molar-refractivity contribution in [3.8, 4) is 0 Å². The van der Waals surface area contributed by atoms with E-state index in [1.54, 1.807) is 16.4 Å². The molecular weight excluding hydrogens is 264 g/mol. The molecule has 0 atom stereocenters. The maximum atomic E-state index is 12.4. The summed E-state index contributed by atoms with van der Waals surface area (Å²) in [6.45, 7) is 5.60. The fraction of sp³-hybridized carbons (Fsp3) is 0.462. The Morgan fingerprint density at radius 1 is 1.11 bits per heavy atom. The largest absolute Gasteiger partial charge is 0.294 e. The van der Waals surface area contributed by atoms with E-state index in [1.165, 1.54) is 0 Å². The molecular formula is C13H17ClN4O. The van der Waals surface area contributed by atoms with Crippen molar-refractivity contribution in [2.75, 3.05) is 0 Å². The lowest BCUT2D eigenvalue weighted by atomic mass is 10.0. The van der Waals surface area contributed by atoms with Crippen molar-refractivity contribution in [2.45, 2.75) is 27.2 Å². The van der Waals surface area contributed by atoms with Gasteiger partial charge in [0.1, 0.15) is 5.15 Å². The third-order valence-corrected chi connectivity index (χ3v) is 3.87. The molecule has 0 saturated carbocycles. The van der Waals surface area contributed by atoms with Gasteiger partial charge in [0, 0.05) is 31.8 Å². The van der Waals surface area contributed by atoms with Crippen LogP contribution in [0.4, 0.5) is 0 Å². The number of aromatic nitrogens is 4. The number of carbonyl (C=O) groups excluding carboxylic acids is 1. The van der Waals surface area contributed by atoms with Crippen molar-refractivity contribution in [3.05, 3.63) is 33.4 Å². The number of halogens is 1. The highest BCUT2D eigenvalue weighted by molar-refractivity contribution is 6.30. The average Bonchev–Trinajstić information content (AvgIpc) is 2.70. The number of nitrogens with zero attached hydrogens (tertiary/aromatic N) is 4. The first-order valence-electron chi connectivity index (χ1n) is 6.04. The van der Waals surface area contributed by atoms with Crippen molar-refractivity contribution in [3.63, 3.8) is 0 Å². The first kappa shape index (κ1) is 13.8. The first-order chi connectivity index (χ1) is 8.82. The van der Waals surface area contributed by atoms with E-state index in [9.17, 15) is 4.79 Å². The minimum absolute atomic E-state index is 0.0288. The van der Waals surface area contributed by atoms with Crippen LogP contribution in [0.15, 0.2) is 0 Å². The van der Waals surface area contributed by atoms with Crippen LogP contribution in [0.2, 0.25) is 5.15 Å². The Hall–Kier alpha value is -1.62. The predicted octanol–water partition coefficient (Wildman–Crippen LogP) is 2.16. The van der Waals surface area contributed by atoms with Gasteiger partial charge in [0.15, 0.2) is 5.78 Å². The smallest absolute Gasteiger partial charge is 0.171 e. The second-order valence-electron chi connectivity index (χ2n) is 4.75. The molecule has 6 heteroatoms. The maximum absolute atomic E-state index is 12.4. The molecule has 0 bridgehead atoms. The van der Waals surface area contributed by atoms with Crippen molar-refractivity contribution in [1.29, 1.82) is 0 Å². The van der Waals surface area contributed by atoms with Crippen LogP contribution >= 0.6 is 11.6 Å². The highest BCUT2D eigenvalue weighted by Crippen LogP contribution is 2.22. The fourth-order valence-corrected chi connectivity index (χ4v) is 2.54. The molecule has 0 radical (unpaired) electrons. The molecule has 0 amide bonds. The molecule has 0 N–H and O–H groups in total. The molecule has 0 aliphatic heterocycles. The number of carbonyl (C=O) groups is 1. The van der Waals surface area contributed by atoms with E-state index in [-0.39, 0.29) is 12.2 Å². The minimum atomic E-state index is 0.0288. The van der Waals surface area contributed by atoms with Gasteiger partial charge in [-0.15, -0.1) is 0 Å². The summed E-state index contributed by atoms with van der Waals surface area (Å²) >= 11 is 6.16. The summed E-state index contributed by atoms with van der Waals surface area (Å²) < 4.78 is 3.31. The normalized spacial score (nSPS) is 11.1. The van der Waals surface area contributed by atoms with Crippen molar-refractivity contribution in [2.24, 2.45) is 14.1 Å². The van der Waals surface area contributed by atoms with Crippen LogP contribution in [-0.2, 0) is 20.5 Å². The lowest BCUT2D eigenvalue weighted by molar-refractivity contribution is 0.0991. The van der Waals surface area contributed by atoms with E-state index >= 15 is 0 Å². The van der Waals surface area contributed by atoms with Crippen molar-refractivity contribution >= 4 is 17.4 Å². The Labute approximate surface area is 117 Å². The predicted molar refractivity (Wildman–Crippen MR) is 73.7 cm³/mol. The lowest BCUT2D eigenvalue weighted by Gasteiger charge is -2.02. The Balaban J connectivity index is 2.36. The number of hydrogen-bond acceptors (Lipinski definition) is 3. The summed E-state index contributed by atoms with van der Waals surface area (Å²) in [5.41, 5.74) is 3.89. The number of ketones is 1. The molecule has 2 aromatic rings. The molecule has 0 unspecified atom stereocenters. The Bertz CT molecular complexity index is 654. The molecule has 0 saturated heterocycles. The minimum Gasteiger partial charge on any atom is -0.294 e. The molecule has 0 aromatic carbocycles. The van der Waals surface area contributed by atoms with Crippen LogP contribution in [0.25, 0.3) is 0 Å². The van der Waals surface area contributed by atoms with E-state index in [0.29, 0.717) is 10.7 Å². The van der Waals surface area contributed by atoms with Gasteiger partial charge in [-0.3, -0.25) is 14.2 Å². The van der Waals surface area contributed by atoms with Gasteiger partial charge in [-0.25, -0.2) is 0 Å². The second kappa shape index (κ2) is 4.81. The van der Waals surface area contributed by atoms with E-state index in [4.69, 9.17) is 11.6 Å². The Morgan fingerprint density at radius 2 is 1.68 bits per heavy atom. The standard InChI is InChI=1S/C13H17ClN4O/c1-7-10(13(14)18(5)15-7)6-11(19)12-8(2)16-17(4)9(12)3/h6H2,1-5H3. The van der Waals surface area contributed by atoms with Gasteiger partial charge in [-0.1, -0.05) is 11.6 Å². The zero-order valence-electron chi connectivity index (χ0n) is 11.8. The van der Waals surface area contributed by atoms with Crippen molar-refractivity contribution in [1.82, 2.24) is 19.6 Å². The third-order valence-electron chi connectivity index (χ3n) is 3.40. The van der Waals surface area contributed by atoms with Crippen LogP contribution in [0.5, 0.6) is 0 Å². The number of aryl methyl sites for hydroxylation is 4. The average molecular weight is 281 g/mol. The van der Waals surface area contributed by atoms with Crippen LogP contribution in [-0.4, -0.2) is 25.3 Å². The zero-order chi connectivity index (χ0) is 14.3. The molecule has 19 heavy (non-hydrogen) atoms. The topological polar surface area (TPSA) is 52.7 Å². The Morgan fingerprint density at radius 3 is 2.11 bits per heavy atom.